The lowest BCUT2D eigenvalue weighted by atomic mass is 10.1. The number of rotatable bonds is 4. The number of amides is 1. The summed E-state index contributed by atoms with van der Waals surface area (Å²) in [6.45, 7) is 3.59. The zero-order chi connectivity index (χ0) is 9.68. The SMILES string of the molecule is C=CC[CH]c1ccnc(C(N)=O)c1. The van der Waals surface area contributed by atoms with E-state index in [4.69, 9.17) is 5.73 Å². The van der Waals surface area contributed by atoms with Crippen LogP contribution in [0.25, 0.3) is 0 Å². The quantitative estimate of drug-likeness (QED) is 0.701. The number of primary amides is 1. The van der Waals surface area contributed by atoms with Crippen molar-refractivity contribution in [1.29, 1.82) is 0 Å². The van der Waals surface area contributed by atoms with E-state index in [-0.39, 0.29) is 5.69 Å². The van der Waals surface area contributed by atoms with Crippen molar-refractivity contribution in [2.75, 3.05) is 0 Å². The molecule has 0 saturated carbocycles. The van der Waals surface area contributed by atoms with E-state index < -0.39 is 5.91 Å². The molecule has 1 amide bonds. The summed E-state index contributed by atoms with van der Waals surface area (Å²) in [6, 6.07) is 3.47. The molecule has 2 N–H and O–H groups in total. The summed E-state index contributed by atoms with van der Waals surface area (Å²) in [5.41, 5.74) is 6.30. The lowest BCUT2D eigenvalue weighted by Gasteiger charge is -1.99. The molecule has 0 aliphatic carbocycles. The number of carbonyl (C=O) groups excluding carboxylic acids is 1. The van der Waals surface area contributed by atoms with Gasteiger partial charge < -0.3 is 5.73 Å². The predicted octanol–water partition coefficient (Wildman–Crippen LogP) is 1.31. The van der Waals surface area contributed by atoms with E-state index >= 15 is 0 Å². The fourth-order valence-corrected chi connectivity index (χ4v) is 0.928. The number of nitrogens with two attached hydrogens (primary N) is 1. The van der Waals surface area contributed by atoms with Gasteiger partial charge in [-0.05, 0) is 30.5 Å². The zero-order valence-electron chi connectivity index (χ0n) is 7.23. The number of aromatic nitrogens is 1. The number of hydrogen-bond acceptors (Lipinski definition) is 2. The maximum atomic E-state index is 10.8. The van der Waals surface area contributed by atoms with E-state index in [2.05, 4.69) is 11.6 Å². The van der Waals surface area contributed by atoms with Crippen molar-refractivity contribution < 1.29 is 4.79 Å². The first-order valence-electron chi connectivity index (χ1n) is 3.94. The third-order valence-electron chi connectivity index (χ3n) is 1.56. The van der Waals surface area contributed by atoms with E-state index in [1.165, 1.54) is 0 Å². The van der Waals surface area contributed by atoms with E-state index in [0.717, 1.165) is 12.0 Å². The summed E-state index contributed by atoms with van der Waals surface area (Å²) in [5, 5.41) is 0. The summed E-state index contributed by atoms with van der Waals surface area (Å²) in [6.07, 6.45) is 6.06. The highest BCUT2D eigenvalue weighted by Crippen LogP contribution is 2.06. The molecule has 0 fully saturated rings. The Bertz CT molecular complexity index is 320. The highest BCUT2D eigenvalue weighted by molar-refractivity contribution is 5.90. The van der Waals surface area contributed by atoms with Crippen LogP contribution in [0.4, 0.5) is 0 Å². The number of hydrogen-bond donors (Lipinski definition) is 1. The number of allylic oxidation sites excluding steroid dienone is 1. The Hall–Kier alpha value is -1.64. The Morgan fingerprint density at radius 3 is 3.08 bits per heavy atom. The molecule has 0 saturated heterocycles. The van der Waals surface area contributed by atoms with E-state index in [0.29, 0.717) is 0 Å². The maximum Gasteiger partial charge on any atom is 0.267 e. The van der Waals surface area contributed by atoms with Crippen LogP contribution in [0, 0.1) is 6.42 Å². The molecular formula is C10H11N2O. The fourth-order valence-electron chi connectivity index (χ4n) is 0.928. The lowest BCUT2D eigenvalue weighted by Crippen LogP contribution is -2.12. The normalized spacial score (nSPS) is 9.54. The van der Waals surface area contributed by atoms with Crippen molar-refractivity contribution in [3.63, 3.8) is 0 Å². The van der Waals surface area contributed by atoms with Gasteiger partial charge in [0.15, 0.2) is 0 Å². The van der Waals surface area contributed by atoms with Crippen molar-refractivity contribution in [3.05, 3.63) is 48.7 Å². The second kappa shape index (κ2) is 4.40. The molecule has 1 heterocycles. The molecule has 0 unspecified atom stereocenters. The third kappa shape index (κ3) is 2.71. The number of carbonyl (C=O) groups is 1. The smallest absolute Gasteiger partial charge is 0.267 e. The van der Waals surface area contributed by atoms with Crippen LogP contribution in [0.5, 0.6) is 0 Å². The van der Waals surface area contributed by atoms with Crippen LogP contribution < -0.4 is 5.73 Å². The highest BCUT2D eigenvalue weighted by atomic mass is 16.1. The Morgan fingerprint density at radius 1 is 1.69 bits per heavy atom. The Morgan fingerprint density at radius 2 is 2.46 bits per heavy atom. The summed E-state index contributed by atoms with van der Waals surface area (Å²) in [4.78, 5) is 14.6. The summed E-state index contributed by atoms with van der Waals surface area (Å²) in [7, 11) is 0. The molecule has 0 aromatic carbocycles. The molecule has 0 aliphatic rings. The third-order valence-corrected chi connectivity index (χ3v) is 1.56. The molecule has 13 heavy (non-hydrogen) atoms. The first kappa shape index (κ1) is 9.45. The fraction of sp³-hybridized carbons (Fsp3) is 0.100. The molecule has 0 atom stereocenters. The Labute approximate surface area is 77.3 Å². The summed E-state index contributed by atoms with van der Waals surface area (Å²) in [5.74, 6) is -0.506. The molecule has 1 rings (SSSR count). The minimum Gasteiger partial charge on any atom is -0.364 e. The second-order valence-corrected chi connectivity index (χ2v) is 2.57. The van der Waals surface area contributed by atoms with Gasteiger partial charge in [-0.15, -0.1) is 6.58 Å². The standard InChI is InChI=1S/C10H11N2O/c1-2-3-4-8-5-6-12-9(7-8)10(11)13/h2,4-7H,1,3H2,(H2,11,13). The van der Waals surface area contributed by atoms with Gasteiger partial charge in [-0.25, -0.2) is 0 Å². The van der Waals surface area contributed by atoms with Gasteiger partial charge in [0, 0.05) is 6.20 Å². The molecule has 67 valence electrons. The molecular weight excluding hydrogens is 164 g/mol. The topological polar surface area (TPSA) is 56.0 Å². The van der Waals surface area contributed by atoms with Crippen LogP contribution in [-0.2, 0) is 0 Å². The molecule has 3 nitrogen and oxygen atoms in total. The number of nitrogens with zero attached hydrogens (tertiary/aromatic N) is 1. The van der Waals surface area contributed by atoms with Crippen molar-refractivity contribution >= 4 is 5.91 Å². The van der Waals surface area contributed by atoms with Gasteiger partial charge in [0.05, 0.1) is 0 Å². The van der Waals surface area contributed by atoms with Gasteiger partial charge in [0.1, 0.15) is 5.69 Å². The average Bonchev–Trinajstić information content (AvgIpc) is 2.15. The minimum absolute atomic E-state index is 0.290. The van der Waals surface area contributed by atoms with Crippen LogP contribution in [0.3, 0.4) is 0 Å². The van der Waals surface area contributed by atoms with Crippen molar-refractivity contribution in [2.24, 2.45) is 5.73 Å². The molecule has 1 radical (unpaired) electrons. The largest absolute Gasteiger partial charge is 0.364 e. The Kier molecular flexibility index (Phi) is 3.20. The molecule has 3 heteroatoms. The monoisotopic (exact) mass is 175 g/mol. The maximum absolute atomic E-state index is 10.8. The van der Waals surface area contributed by atoms with Gasteiger partial charge in [0.2, 0.25) is 0 Å². The van der Waals surface area contributed by atoms with E-state index in [9.17, 15) is 4.79 Å². The van der Waals surface area contributed by atoms with E-state index in [1.807, 2.05) is 12.5 Å². The minimum atomic E-state index is -0.506. The van der Waals surface area contributed by atoms with Crippen molar-refractivity contribution in [3.8, 4) is 0 Å². The average molecular weight is 175 g/mol. The van der Waals surface area contributed by atoms with Crippen molar-refractivity contribution in [1.82, 2.24) is 4.98 Å². The summed E-state index contributed by atoms with van der Waals surface area (Å²) < 4.78 is 0. The van der Waals surface area contributed by atoms with Crippen LogP contribution in [0.2, 0.25) is 0 Å². The molecule has 1 aromatic heterocycles. The number of pyridine rings is 1. The van der Waals surface area contributed by atoms with Crippen LogP contribution in [-0.4, -0.2) is 10.9 Å². The lowest BCUT2D eigenvalue weighted by molar-refractivity contribution is 0.0995. The van der Waals surface area contributed by atoms with Crippen LogP contribution >= 0.6 is 0 Å². The van der Waals surface area contributed by atoms with Gasteiger partial charge in [-0.1, -0.05) is 6.08 Å². The Balaban J connectivity index is 2.79. The zero-order valence-corrected chi connectivity index (χ0v) is 7.23. The molecule has 0 aliphatic heterocycles. The molecule has 0 spiro atoms. The van der Waals surface area contributed by atoms with Crippen LogP contribution in [0.1, 0.15) is 22.5 Å². The molecule has 0 bridgehead atoms. The van der Waals surface area contributed by atoms with E-state index in [1.54, 1.807) is 18.3 Å². The predicted molar refractivity (Wildman–Crippen MR) is 51.0 cm³/mol. The van der Waals surface area contributed by atoms with Crippen molar-refractivity contribution in [2.45, 2.75) is 6.42 Å². The van der Waals surface area contributed by atoms with Gasteiger partial charge in [-0.2, -0.15) is 0 Å². The van der Waals surface area contributed by atoms with Crippen LogP contribution in [0.15, 0.2) is 31.0 Å². The van der Waals surface area contributed by atoms with Gasteiger partial charge >= 0.3 is 0 Å². The second-order valence-electron chi connectivity index (χ2n) is 2.57. The summed E-state index contributed by atoms with van der Waals surface area (Å²) >= 11 is 0. The van der Waals surface area contributed by atoms with Gasteiger partial charge in [-0.3, -0.25) is 9.78 Å². The highest BCUT2D eigenvalue weighted by Gasteiger charge is 2.01. The van der Waals surface area contributed by atoms with Gasteiger partial charge in [0.25, 0.3) is 5.91 Å². The first-order chi connectivity index (χ1) is 6.24. The first-order valence-corrected chi connectivity index (χ1v) is 3.94. The molecule has 1 aromatic rings.